The first kappa shape index (κ1) is 13.6. The molecular formula is C16H20N2OS. The maximum Gasteiger partial charge on any atom is 0.120 e. The molecule has 2 aromatic rings. The Bertz CT molecular complexity index is 588. The minimum Gasteiger partial charge on any atom is -0.508 e. The van der Waals surface area contributed by atoms with E-state index in [0.717, 1.165) is 28.2 Å². The van der Waals surface area contributed by atoms with Crippen molar-refractivity contribution >= 4 is 11.3 Å². The van der Waals surface area contributed by atoms with Crippen molar-refractivity contribution < 1.29 is 5.11 Å². The minimum atomic E-state index is 0.376. The summed E-state index contributed by atoms with van der Waals surface area (Å²) in [5.41, 5.74) is 4.89. The Morgan fingerprint density at radius 2 is 2.15 bits per heavy atom. The van der Waals surface area contributed by atoms with Gasteiger partial charge in [-0.1, -0.05) is 25.0 Å². The van der Waals surface area contributed by atoms with Gasteiger partial charge in [-0.15, -0.1) is 11.3 Å². The molecule has 1 aromatic carbocycles. The van der Waals surface area contributed by atoms with Gasteiger partial charge in [0.25, 0.3) is 0 Å². The van der Waals surface area contributed by atoms with E-state index in [2.05, 4.69) is 16.4 Å². The molecule has 0 atom stereocenters. The summed E-state index contributed by atoms with van der Waals surface area (Å²) < 4.78 is 0. The molecule has 3 rings (SSSR count). The summed E-state index contributed by atoms with van der Waals surface area (Å²) in [5.74, 6) is 0.376. The molecule has 0 aliphatic heterocycles. The molecule has 0 spiro atoms. The Kier molecular flexibility index (Phi) is 4.03. The van der Waals surface area contributed by atoms with Gasteiger partial charge in [0.2, 0.25) is 0 Å². The van der Waals surface area contributed by atoms with E-state index in [1.165, 1.54) is 25.7 Å². The third-order valence-corrected chi connectivity index (χ3v) is 5.01. The van der Waals surface area contributed by atoms with Gasteiger partial charge in [0.15, 0.2) is 0 Å². The van der Waals surface area contributed by atoms with E-state index >= 15 is 0 Å². The van der Waals surface area contributed by atoms with Gasteiger partial charge in [0.05, 0.1) is 16.1 Å². The zero-order valence-electron chi connectivity index (χ0n) is 11.7. The van der Waals surface area contributed by atoms with E-state index in [9.17, 15) is 5.11 Å². The van der Waals surface area contributed by atoms with E-state index < -0.39 is 0 Å². The lowest BCUT2D eigenvalue weighted by atomic mass is 10.1. The number of rotatable bonds is 4. The van der Waals surface area contributed by atoms with Crippen molar-refractivity contribution in [2.75, 3.05) is 0 Å². The van der Waals surface area contributed by atoms with Crippen LogP contribution in [0.1, 0.15) is 36.9 Å². The number of aromatic nitrogens is 1. The molecule has 1 fully saturated rings. The molecule has 1 aliphatic carbocycles. The quantitative estimate of drug-likeness (QED) is 0.898. The first-order chi connectivity index (χ1) is 9.74. The highest BCUT2D eigenvalue weighted by atomic mass is 32.1. The summed E-state index contributed by atoms with van der Waals surface area (Å²) >= 11 is 1.61. The maximum absolute atomic E-state index is 10.2. The molecule has 1 aliphatic rings. The van der Waals surface area contributed by atoms with E-state index in [1.54, 1.807) is 11.3 Å². The molecular weight excluding hydrogens is 268 g/mol. The fourth-order valence-electron chi connectivity index (χ4n) is 2.82. The highest BCUT2D eigenvalue weighted by Crippen LogP contribution is 2.31. The van der Waals surface area contributed by atoms with Crippen LogP contribution in [-0.4, -0.2) is 16.1 Å². The number of phenols is 1. The molecule has 0 bridgehead atoms. The van der Waals surface area contributed by atoms with Crippen LogP contribution in [0.4, 0.5) is 0 Å². The third-order valence-electron chi connectivity index (χ3n) is 4.03. The monoisotopic (exact) mass is 288 g/mol. The Labute approximate surface area is 123 Å². The number of nitrogens with zero attached hydrogens (tertiary/aromatic N) is 1. The molecule has 1 heterocycles. The van der Waals surface area contributed by atoms with Crippen LogP contribution < -0.4 is 5.32 Å². The maximum atomic E-state index is 10.2. The Morgan fingerprint density at radius 1 is 1.35 bits per heavy atom. The molecule has 0 unspecified atom stereocenters. The van der Waals surface area contributed by atoms with E-state index in [4.69, 9.17) is 0 Å². The average Bonchev–Trinajstić information content (AvgIpc) is 3.08. The summed E-state index contributed by atoms with van der Waals surface area (Å²) in [6.45, 7) is 2.75. The fraction of sp³-hybridized carbons (Fsp3) is 0.438. The second-order valence-corrected chi connectivity index (χ2v) is 6.33. The van der Waals surface area contributed by atoms with Crippen LogP contribution in [0.3, 0.4) is 0 Å². The Hall–Kier alpha value is -1.39. The molecule has 4 heteroatoms. The molecule has 1 saturated carbocycles. The van der Waals surface area contributed by atoms with Crippen LogP contribution in [0.25, 0.3) is 10.4 Å². The predicted molar refractivity (Wildman–Crippen MR) is 83.0 cm³/mol. The Balaban J connectivity index is 1.72. The number of nitrogens with one attached hydrogen (secondary N) is 1. The van der Waals surface area contributed by atoms with Gasteiger partial charge in [-0.2, -0.15) is 0 Å². The molecule has 0 radical (unpaired) electrons. The predicted octanol–water partition coefficient (Wildman–Crippen LogP) is 3.86. The van der Waals surface area contributed by atoms with Crippen LogP contribution in [0.2, 0.25) is 0 Å². The standard InChI is InChI=1S/C16H20N2OS/c1-11-16(20-10-18-11)12-6-7-13(15(19)8-12)9-17-14-4-2-3-5-14/h6-8,10,14,17,19H,2-5,9H2,1H3. The van der Waals surface area contributed by atoms with Crippen molar-refractivity contribution in [3.63, 3.8) is 0 Å². The largest absolute Gasteiger partial charge is 0.508 e. The number of benzene rings is 1. The summed E-state index contributed by atoms with van der Waals surface area (Å²) in [6.07, 6.45) is 5.18. The second-order valence-electron chi connectivity index (χ2n) is 5.47. The zero-order valence-corrected chi connectivity index (χ0v) is 12.5. The first-order valence-electron chi connectivity index (χ1n) is 7.20. The first-order valence-corrected chi connectivity index (χ1v) is 8.08. The number of hydrogen-bond donors (Lipinski definition) is 2. The van der Waals surface area contributed by atoms with Crippen molar-refractivity contribution in [2.24, 2.45) is 0 Å². The summed E-state index contributed by atoms with van der Waals surface area (Å²) in [7, 11) is 0. The van der Waals surface area contributed by atoms with E-state index in [1.807, 2.05) is 24.6 Å². The molecule has 2 N–H and O–H groups in total. The molecule has 20 heavy (non-hydrogen) atoms. The SMILES string of the molecule is Cc1ncsc1-c1ccc(CNC2CCCC2)c(O)c1. The van der Waals surface area contributed by atoms with Gasteiger partial charge in [-0.25, -0.2) is 4.98 Å². The van der Waals surface area contributed by atoms with Crippen LogP contribution in [0, 0.1) is 6.92 Å². The van der Waals surface area contributed by atoms with E-state index in [-0.39, 0.29) is 0 Å². The van der Waals surface area contributed by atoms with Gasteiger partial charge in [-0.05, 0) is 31.4 Å². The normalized spacial score (nSPS) is 15.8. The smallest absolute Gasteiger partial charge is 0.120 e. The van der Waals surface area contributed by atoms with Crippen LogP contribution in [-0.2, 0) is 6.54 Å². The van der Waals surface area contributed by atoms with Crippen LogP contribution in [0.5, 0.6) is 5.75 Å². The van der Waals surface area contributed by atoms with Crippen molar-refractivity contribution in [2.45, 2.75) is 45.2 Å². The van der Waals surface area contributed by atoms with Crippen molar-refractivity contribution in [3.05, 3.63) is 35.0 Å². The summed E-state index contributed by atoms with van der Waals surface area (Å²) in [4.78, 5) is 5.39. The highest BCUT2D eigenvalue weighted by Gasteiger charge is 2.15. The van der Waals surface area contributed by atoms with Crippen molar-refractivity contribution in [3.8, 4) is 16.2 Å². The Morgan fingerprint density at radius 3 is 2.80 bits per heavy atom. The number of thiazole rings is 1. The van der Waals surface area contributed by atoms with Gasteiger partial charge in [0, 0.05) is 18.2 Å². The van der Waals surface area contributed by atoms with Crippen molar-refractivity contribution in [1.29, 1.82) is 0 Å². The molecule has 0 saturated heterocycles. The van der Waals surface area contributed by atoms with Crippen LogP contribution in [0.15, 0.2) is 23.7 Å². The summed E-state index contributed by atoms with van der Waals surface area (Å²) in [5, 5.41) is 13.7. The van der Waals surface area contributed by atoms with Crippen molar-refractivity contribution in [1.82, 2.24) is 10.3 Å². The topological polar surface area (TPSA) is 45.2 Å². The minimum absolute atomic E-state index is 0.376. The van der Waals surface area contributed by atoms with Gasteiger partial charge in [-0.3, -0.25) is 0 Å². The van der Waals surface area contributed by atoms with Gasteiger partial charge < -0.3 is 10.4 Å². The molecule has 106 valence electrons. The van der Waals surface area contributed by atoms with Gasteiger partial charge in [0.1, 0.15) is 5.75 Å². The van der Waals surface area contributed by atoms with E-state index in [0.29, 0.717) is 11.8 Å². The second kappa shape index (κ2) is 5.94. The lowest BCUT2D eigenvalue weighted by molar-refractivity contribution is 0.456. The lowest BCUT2D eigenvalue weighted by Gasteiger charge is -2.13. The summed E-state index contributed by atoms with van der Waals surface area (Å²) in [6, 6.07) is 6.57. The fourth-order valence-corrected chi connectivity index (χ4v) is 3.62. The number of hydrogen-bond acceptors (Lipinski definition) is 4. The molecule has 3 nitrogen and oxygen atoms in total. The number of aryl methyl sites for hydroxylation is 1. The number of phenolic OH excluding ortho intramolecular Hbond substituents is 1. The lowest BCUT2D eigenvalue weighted by Crippen LogP contribution is -2.25. The highest BCUT2D eigenvalue weighted by molar-refractivity contribution is 7.13. The average molecular weight is 288 g/mol. The zero-order chi connectivity index (χ0) is 13.9. The van der Waals surface area contributed by atoms with Crippen LogP contribution >= 0.6 is 11.3 Å². The molecule has 0 amide bonds. The molecule has 1 aromatic heterocycles. The number of aromatic hydroxyl groups is 1. The third kappa shape index (κ3) is 2.86. The van der Waals surface area contributed by atoms with Gasteiger partial charge >= 0.3 is 0 Å².